The van der Waals surface area contributed by atoms with Crippen LogP contribution < -0.4 is 11.1 Å². The van der Waals surface area contributed by atoms with E-state index in [0.717, 1.165) is 22.0 Å². The summed E-state index contributed by atoms with van der Waals surface area (Å²) >= 11 is 3.55. The molecule has 0 fully saturated rings. The van der Waals surface area contributed by atoms with Gasteiger partial charge in [-0.25, -0.2) is 4.79 Å². The van der Waals surface area contributed by atoms with Gasteiger partial charge in [-0.3, -0.25) is 4.79 Å². The zero-order valence-corrected chi connectivity index (χ0v) is 13.3. The Bertz CT molecular complexity index is 577. The highest BCUT2D eigenvalue weighted by atomic mass is 79.9. The van der Waals surface area contributed by atoms with Crippen molar-refractivity contribution in [2.24, 2.45) is 5.73 Å². The fourth-order valence-corrected chi connectivity index (χ4v) is 3.38. The molecule has 4 N–H and O–H groups in total. The van der Waals surface area contributed by atoms with Crippen LogP contribution in [0.1, 0.15) is 16.7 Å². The van der Waals surface area contributed by atoms with Crippen LogP contribution in [0.25, 0.3) is 0 Å². The second-order valence-electron chi connectivity index (χ2n) is 5.14. The number of aliphatic hydroxyl groups is 1. The first kappa shape index (κ1) is 15.8. The third kappa shape index (κ3) is 3.54. The van der Waals surface area contributed by atoms with Gasteiger partial charge in [-0.2, -0.15) is 0 Å². The molecule has 0 radical (unpaired) electrons. The number of primary amides is 1. The van der Waals surface area contributed by atoms with Gasteiger partial charge in [0, 0.05) is 17.6 Å². The molecular formula is C14H18BrN3O3. The molecule has 0 aliphatic carbocycles. The van der Waals surface area contributed by atoms with E-state index < -0.39 is 18.7 Å². The number of nitrogens with zero attached hydrogens (tertiary/aromatic N) is 1. The highest BCUT2D eigenvalue weighted by Gasteiger charge is 2.28. The molecule has 114 valence electrons. The van der Waals surface area contributed by atoms with Crippen molar-refractivity contribution in [1.82, 2.24) is 10.2 Å². The number of benzene rings is 1. The number of aliphatic hydroxyl groups excluding tert-OH is 1. The van der Waals surface area contributed by atoms with Gasteiger partial charge in [0.15, 0.2) is 0 Å². The van der Waals surface area contributed by atoms with Crippen LogP contribution in [0.5, 0.6) is 0 Å². The molecule has 0 saturated carbocycles. The van der Waals surface area contributed by atoms with Crippen molar-refractivity contribution in [2.75, 3.05) is 13.2 Å². The monoisotopic (exact) mass is 355 g/mol. The highest BCUT2D eigenvalue weighted by molar-refractivity contribution is 9.10. The Balaban J connectivity index is 2.17. The number of hydrogen-bond donors (Lipinski definition) is 3. The van der Waals surface area contributed by atoms with Crippen LogP contribution in [-0.4, -0.2) is 41.1 Å². The van der Waals surface area contributed by atoms with E-state index in [1.54, 1.807) is 4.90 Å². The van der Waals surface area contributed by atoms with E-state index in [1.807, 2.05) is 6.92 Å². The van der Waals surface area contributed by atoms with E-state index in [2.05, 4.69) is 33.4 Å². The number of carbonyl (C=O) groups is 2. The predicted octanol–water partition coefficient (Wildman–Crippen LogP) is 0.671. The van der Waals surface area contributed by atoms with Crippen molar-refractivity contribution in [3.63, 3.8) is 0 Å². The number of amides is 3. The van der Waals surface area contributed by atoms with Crippen LogP contribution in [0.4, 0.5) is 4.79 Å². The number of rotatable bonds is 3. The first-order valence-electron chi connectivity index (χ1n) is 6.66. The second-order valence-corrected chi connectivity index (χ2v) is 5.99. The summed E-state index contributed by atoms with van der Waals surface area (Å²) < 4.78 is 1.05. The molecular weight excluding hydrogens is 338 g/mol. The highest BCUT2D eigenvalue weighted by Crippen LogP contribution is 2.28. The van der Waals surface area contributed by atoms with Gasteiger partial charge < -0.3 is 21.1 Å². The molecule has 2 rings (SSSR count). The maximum atomic E-state index is 12.3. The number of hydrogen-bond acceptors (Lipinski definition) is 3. The Kier molecular flexibility index (Phi) is 4.84. The lowest BCUT2D eigenvalue weighted by molar-refractivity contribution is -0.135. The van der Waals surface area contributed by atoms with Crippen molar-refractivity contribution in [2.45, 2.75) is 25.9 Å². The molecule has 1 atom stereocenters. The molecule has 0 spiro atoms. The largest absolute Gasteiger partial charge is 0.394 e. The number of nitrogens with one attached hydrogen (secondary N) is 1. The Morgan fingerprint density at radius 3 is 2.86 bits per heavy atom. The van der Waals surface area contributed by atoms with Gasteiger partial charge in [-0.15, -0.1) is 0 Å². The Labute approximate surface area is 131 Å². The summed E-state index contributed by atoms with van der Waals surface area (Å²) in [7, 11) is 0. The zero-order chi connectivity index (χ0) is 15.6. The van der Waals surface area contributed by atoms with Gasteiger partial charge in [0.2, 0.25) is 5.91 Å². The van der Waals surface area contributed by atoms with Gasteiger partial charge in [0.25, 0.3) is 0 Å². The average molecular weight is 356 g/mol. The van der Waals surface area contributed by atoms with Gasteiger partial charge in [-0.1, -0.05) is 22.0 Å². The molecule has 0 aromatic heterocycles. The van der Waals surface area contributed by atoms with Gasteiger partial charge in [-0.05, 0) is 36.1 Å². The topological polar surface area (TPSA) is 95.7 Å². The molecule has 6 nitrogen and oxygen atoms in total. The molecule has 21 heavy (non-hydrogen) atoms. The Morgan fingerprint density at radius 1 is 1.52 bits per heavy atom. The molecule has 1 heterocycles. The molecule has 3 amide bonds. The van der Waals surface area contributed by atoms with Crippen molar-refractivity contribution >= 4 is 27.9 Å². The number of fused-ring (bicyclic) bond motifs is 1. The molecule has 1 aliphatic rings. The van der Waals surface area contributed by atoms with Gasteiger partial charge >= 0.3 is 6.03 Å². The Hall–Kier alpha value is -1.60. The van der Waals surface area contributed by atoms with Crippen molar-refractivity contribution < 1.29 is 14.7 Å². The SMILES string of the molecule is Cc1cc(Br)c2c(c1)CN(C(=O)C(CO)NC(N)=O)CC2. The smallest absolute Gasteiger partial charge is 0.312 e. The average Bonchev–Trinajstić information content (AvgIpc) is 2.42. The summed E-state index contributed by atoms with van der Waals surface area (Å²) in [5.41, 5.74) is 8.41. The number of halogens is 1. The maximum Gasteiger partial charge on any atom is 0.312 e. The summed E-state index contributed by atoms with van der Waals surface area (Å²) in [6, 6.07) is 2.30. The van der Waals surface area contributed by atoms with E-state index in [1.165, 1.54) is 5.56 Å². The summed E-state index contributed by atoms with van der Waals surface area (Å²) in [6.07, 6.45) is 0.733. The van der Waals surface area contributed by atoms with Crippen molar-refractivity contribution in [1.29, 1.82) is 0 Å². The summed E-state index contributed by atoms with van der Waals surface area (Å²) in [5, 5.41) is 11.5. The molecule has 7 heteroatoms. The van der Waals surface area contributed by atoms with Gasteiger partial charge in [0.05, 0.1) is 6.61 Å². The lowest BCUT2D eigenvalue weighted by Crippen LogP contribution is -2.52. The molecule has 1 aromatic rings. The van der Waals surface area contributed by atoms with Crippen molar-refractivity contribution in [3.8, 4) is 0 Å². The first-order chi connectivity index (χ1) is 9.92. The standard InChI is InChI=1S/C14H18BrN3O3/c1-8-4-9-6-18(3-2-10(9)11(15)5-8)13(20)12(7-19)17-14(16)21/h4-5,12,19H,2-3,6-7H2,1H3,(H3,16,17,21). The number of aryl methyl sites for hydroxylation is 1. The normalized spacial score (nSPS) is 15.3. The van der Waals surface area contributed by atoms with Crippen LogP contribution in [0.2, 0.25) is 0 Å². The van der Waals surface area contributed by atoms with Crippen LogP contribution in [0, 0.1) is 6.92 Å². The summed E-state index contributed by atoms with van der Waals surface area (Å²) in [6.45, 7) is 2.54. The Morgan fingerprint density at radius 2 is 2.24 bits per heavy atom. The minimum atomic E-state index is -0.989. The van der Waals surface area contributed by atoms with Crippen LogP contribution in [0.15, 0.2) is 16.6 Å². The molecule has 0 bridgehead atoms. The quantitative estimate of drug-likeness (QED) is 0.743. The second kappa shape index (κ2) is 6.44. The zero-order valence-electron chi connectivity index (χ0n) is 11.7. The molecule has 1 aromatic carbocycles. The van der Waals surface area contributed by atoms with Crippen LogP contribution >= 0.6 is 15.9 Å². The third-order valence-corrected chi connectivity index (χ3v) is 4.24. The van der Waals surface area contributed by atoms with Crippen LogP contribution in [0.3, 0.4) is 0 Å². The number of nitrogens with two attached hydrogens (primary N) is 1. The minimum Gasteiger partial charge on any atom is -0.394 e. The maximum absolute atomic E-state index is 12.3. The lowest BCUT2D eigenvalue weighted by Gasteiger charge is -2.32. The fourth-order valence-electron chi connectivity index (χ4n) is 2.56. The van der Waals surface area contributed by atoms with Gasteiger partial charge in [0.1, 0.15) is 6.04 Å². The van der Waals surface area contributed by atoms with E-state index in [9.17, 15) is 14.7 Å². The van der Waals surface area contributed by atoms with E-state index in [0.29, 0.717) is 13.1 Å². The summed E-state index contributed by atoms with van der Waals surface area (Å²) in [4.78, 5) is 24.8. The summed E-state index contributed by atoms with van der Waals surface area (Å²) in [5.74, 6) is -0.320. The van der Waals surface area contributed by atoms with Crippen molar-refractivity contribution in [3.05, 3.63) is 33.3 Å². The minimum absolute atomic E-state index is 0.320. The number of carbonyl (C=O) groups excluding carboxylic acids is 2. The molecule has 1 aliphatic heterocycles. The predicted molar refractivity (Wildman–Crippen MR) is 81.6 cm³/mol. The third-order valence-electron chi connectivity index (χ3n) is 3.53. The fraction of sp³-hybridized carbons (Fsp3) is 0.429. The first-order valence-corrected chi connectivity index (χ1v) is 7.45. The molecule has 0 saturated heterocycles. The van der Waals surface area contributed by atoms with E-state index in [-0.39, 0.29) is 5.91 Å². The van der Waals surface area contributed by atoms with E-state index >= 15 is 0 Å². The van der Waals surface area contributed by atoms with E-state index in [4.69, 9.17) is 5.73 Å². The number of urea groups is 1. The van der Waals surface area contributed by atoms with Crippen LogP contribution in [-0.2, 0) is 17.8 Å². The molecule has 1 unspecified atom stereocenters. The lowest BCUT2D eigenvalue weighted by atomic mass is 9.97.